The number of rotatable bonds is 11. The number of benzene rings is 3. The molecule has 0 bridgehead atoms. The molecule has 3 aromatic rings. The van der Waals surface area contributed by atoms with Crippen LogP contribution in [-0.4, -0.2) is 40.3 Å². The summed E-state index contributed by atoms with van der Waals surface area (Å²) in [5, 5.41) is 3.30. The molecule has 180 valence electrons. The van der Waals surface area contributed by atoms with Crippen molar-refractivity contribution < 1.29 is 22.7 Å². The fourth-order valence-electron chi connectivity index (χ4n) is 3.19. The molecule has 9 heteroatoms. The molecule has 0 aliphatic heterocycles. The topological polar surface area (TPSA) is 84.9 Å². The SMILES string of the molecule is CCOc1ccc(N(Cc2ccc(C(=O)NCCOc3ccccc3Cl)cc2)S(C)(=O)=O)cc1. The van der Waals surface area contributed by atoms with Crippen LogP contribution in [-0.2, 0) is 16.6 Å². The fourth-order valence-corrected chi connectivity index (χ4v) is 4.27. The lowest BCUT2D eigenvalue weighted by Crippen LogP contribution is -2.29. The van der Waals surface area contributed by atoms with Crippen LogP contribution in [0.2, 0.25) is 5.02 Å². The number of para-hydroxylation sites is 1. The van der Waals surface area contributed by atoms with E-state index >= 15 is 0 Å². The van der Waals surface area contributed by atoms with Gasteiger partial charge in [-0.3, -0.25) is 9.10 Å². The van der Waals surface area contributed by atoms with Gasteiger partial charge < -0.3 is 14.8 Å². The van der Waals surface area contributed by atoms with Crippen LogP contribution in [0.3, 0.4) is 0 Å². The minimum Gasteiger partial charge on any atom is -0.494 e. The van der Waals surface area contributed by atoms with E-state index < -0.39 is 10.0 Å². The number of anilines is 1. The van der Waals surface area contributed by atoms with Crippen molar-refractivity contribution in [2.45, 2.75) is 13.5 Å². The van der Waals surface area contributed by atoms with E-state index in [0.717, 1.165) is 11.8 Å². The molecule has 3 rings (SSSR count). The van der Waals surface area contributed by atoms with Crippen molar-refractivity contribution in [3.63, 3.8) is 0 Å². The number of sulfonamides is 1. The van der Waals surface area contributed by atoms with Crippen molar-refractivity contribution in [1.82, 2.24) is 5.32 Å². The van der Waals surface area contributed by atoms with Gasteiger partial charge in [-0.1, -0.05) is 35.9 Å². The summed E-state index contributed by atoms with van der Waals surface area (Å²) in [5.74, 6) is 0.985. The Balaban J connectivity index is 1.58. The number of carbonyl (C=O) groups is 1. The van der Waals surface area contributed by atoms with Crippen LogP contribution in [0.4, 0.5) is 5.69 Å². The first-order valence-corrected chi connectivity index (χ1v) is 13.0. The van der Waals surface area contributed by atoms with Gasteiger partial charge in [0.05, 0.1) is 36.7 Å². The molecule has 0 unspecified atom stereocenters. The van der Waals surface area contributed by atoms with Gasteiger partial charge in [0, 0.05) is 5.56 Å². The second-order valence-electron chi connectivity index (χ2n) is 7.43. The fraction of sp³-hybridized carbons (Fsp3) is 0.240. The lowest BCUT2D eigenvalue weighted by Gasteiger charge is -2.23. The summed E-state index contributed by atoms with van der Waals surface area (Å²) in [6, 6.07) is 20.8. The Bertz CT molecular complexity index is 1200. The van der Waals surface area contributed by atoms with Crippen LogP contribution in [0.15, 0.2) is 72.8 Å². The van der Waals surface area contributed by atoms with Crippen molar-refractivity contribution in [1.29, 1.82) is 0 Å². The lowest BCUT2D eigenvalue weighted by atomic mass is 10.1. The van der Waals surface area contributed by atoms with E-state index in [9.17, 15) is 13.2 Å². The Morgan fingerprint density at radius 1 is 0.971 bits per heavy atom. The first kappa shape index (κ1) is 25.4. The van der Waals surface area contributed by atoms with E-state index in [1.807, 2.05) is 19.1 Å². The number of nitrogens with one attached hydrogen (secondary N) is 1. The molecule has 1 N–H and O–H groups in total. The molecule has 7 nitrogen and oxygen atoms in total. The Hall–Kier alpha value is -3.23. The van der Waals surface area contributed by atoms with E-state index in [-0.39, 0.29) is 19.1 Å². The van der Waals surface area contributed by atoms with Crippen LogP contribution in [0.25, 0.3) is 0 Å². The maximum atomic E-state index is 12.4. The third-order valence-electron chi connectivity index (χ3n) is 4.86. The van der Waals surface area contributed by atoms with E-state index in [1.165, 1.54) is 4.31 Å². The summed E-state index contributed by atoms with van der Waals surface area (Å²) < 4.78 is 37.1. The van der Waals surface area contributed by atoms with Crippen molar-refractivity contribution in [2.24, 2.45) is 0 Å². The highest BCUT2D eigenvalue weighted by Gasteiger charge is 2.18. The quantitative estimate of drug-likeness (QED) is 0.390. The van der Waals surface area contributed by atoms with Gasteiger partial charge in [-0.2, -0.15) is 0 Å². The van der Waals surface area contributed by atoms with Gasteiger partial charge in [0.2, 0.25) is 10.0 Å². The number of ether oxygens (including phenoxy) is 2. The number of halogens is 1. The van der Waals surface area contributed by atoms with Crippen LogP contribution in [0, 0.1) is 0 Å². The average Bonchev–Trinajstić information content (AvgIpc) is 2.82. The average molecular weight is 503 g/mol. The normalized spacial score (nSPS) is 11.0. The molecule has 34 heavy (non-hydrogen) atoms. The Kier molecular flexibility index (Phi) is 8.79. The van der Waals surface area contributed by atoms with Crippen LogP contribution >= 0.6 is 11.6 Å². The Labute approximate surface area is 205 Å². The van der Waals surface area contributed by atoms with Crippen molar-refractivity contribution >= 4 is 33.2 Å². The zero-order valence-electron chi connectivity index (χ0n) is 19.0. The molecule has 0 saturated carbocycles. The smallest absolute Gasteiger partial charge is 0.251 e. The lowest BCUT2D eigenvalue weighted by molar-refractivity contribution is 0.0947. The summed E-state index contributed by atoms with van der Waals surface area (Å²) in [7, 11) is -3.52. The molecule has 0 aliphatic rings. The molecule has 0 radical (unpaired) electrons. The highest BCUT2D eigenvalue weighted by atomic mass is 35.5. The maximum absolute atomic E-state index is 12.4. The summed E-state index contributed by atoms with van der Waals surface area (Å²) in [6.45, 7) is 3.14. The van der Waals surface area contributed by atoms with Gasteiger partial charge in [-0.05, 0) is 61.0 Å². The molecule has 0 aromatic heterocycles. The molecule has 0 saturated heterocycles. The van der Waals surface area contributed by atoms with E-state index in [0.29, 0.717) is 40.9 Å². The summed E-state index contributed by atoms with van der Waals surface area (Å²) >= 11 is 6.04. The number of carbonyl (C=O) groups excluding carboxylic acids is 1. The number of amides is 1. The minimum atomic E-state index is -3.52. The highest BCUT2D eigenvalue weighted by molar-refractivity contribution is 7.92. The van der Waals surface area contributed by atoms with Crippen LogP contribution < -0.4 is 19.1 Å². The van der Waals surface area contributed by atoms with Gasteiger partial charge >= 0.3 is 0 Å². The third kappa shape index (κ3) is 7.13. The largest absolute Gasteiger partial charge is 0.494 e. The van der Waals surface area contributed by atoms with Gasteiger partial charge in [-0.15, -0.1) is 0 Å². The van der Waals surface area contributed by atoms with Crippen molar-refractivity contribution in [3.05, 3.63) is 88.9 Å². The second-order valence-corrected chi connectivity index (χ2v) is 9.74. The van der Waals surface area contributed by atoms with Crippen molar-refractivity contribution in [2.75, 3.05) is 30.3 Å². The molecule has 0 fully saturated rings. The first-order chi connectivity index (χ1) is 16.3. The molecule has 0 heterocycles. The number of hydrogen-bond acceptors (Lipinski definition) is 5. The van der Waals surface area contributed by atoms with Gasteiger partial charge in [0.15, 0.2) is 0 Å². The third-order valence-corrected chi connectivity index (χ3v) is 6.31. The number of nitrogens with zero attached hydrogens (tertiary/aromatic N) is 1. The molecule has 3 aromatic carbocycles. The van der Waals surface area contributed by atoms with Gasteiger partial charge in [0.25, 0.3) is 5.91 Å². The van der Waals surface area contributed by atoms with E-state index in [2.05, 4.69) is 5.32 Å². The zero-order chi connectivity index (χ0) is 24.6. The van der Waals surface area contributed by atoms with Gasteiger partial charge in [0.1, 0.15) is 18.1 Å². The molecule has 0 spiro atoms. The van der Waals surface area contributed by atoms with E-state index in [1.54, 1.807) is 60.7 Å². The Morgan fingerprint density at radius 3 is 2.26 bits per heavy atom. The first-order valence-electron chi connectivity index (χ1n) is 10.7. The molecule has 0 atom stereocenters. The van der Waals surface area contributed by atoms with Crippen molar-refractivity contribution in [3.8, 4) is 11.5 Å². The van der Waals surface area contributed by atoms with Gasteiger partial charge in [-0.25, -0.2) is 8.42 Å². The molecular weight excluding hydrogens is 476 g/mol. The maximum Gasteiger partial charge on any atom is 0.251 e. The summed E-state index contributed by atoms with van der Waals surface area (Å²) in [5.41, 5.74) is 1.75. The standard InChI is InChI=1S/C25H27ClN2O5S/c1-3-32-22-14-12-21(13-15-22)28(34(2,30)31)18-19-8-10-20(11-9-19)25(29)27-16-17-33-24-7-5-4-6-23(24)26/h4-15H,3,16-18H2,1-2H3,(H,27,29). The minimum absolute atomic E-state index is 0.139. The zero-order valence-corrected chi connectivity index (χ0v) is 20.6. The van der Waals surface area contributed by atoms with Crippen LogP contribution in [0.5, 0.6) is 11.5 Å². The summed E-state index contributed by atoms with van der Waals surface area (Å²) in [4.78, 5) is 12.4. The van der Waals surface area contributed by atoms with E-state index in [4.69, 9.17) is 21.1 Å². The predicted octanol–water partition coefficient (Wildman–Crippen LogP) is 4.51. The second kappa shape index (κ2) is 11.8. The number of hydrogen-bond donors (Lipinski definition) is 1. The monoisotopic (exact) mass is 502 g/mol. The highest BCUT2D eigenvalue weighted by Crippen LogP contribution is 2.24. The van der Waals surface area contributed by atoms with Crippen LogP contribution in [0.1, 0.15) is 22.8 Å². The predicted molar refractivity (Wildman–Crippen MR) is 134 cm³/mol. The summed E-state index contributed by atoms with van der Waals surface area (Å²) in [6.07, 6.45) is 1.16. The molecular formula is C25H27ClN2O5S. The molecule has 1 amide bonds. The Morgan fingerprint density at radius 2 is 1.65 bits per heavy atom. The molecule has 0 aliphatic carbocycles.